The first-order valence-corrected chi connectivity index (χ1v) is 12.5. The van der Waals surface area contributed by atoms with E-state index in [1.54, 1.807) is 42.5 Å². The molecule has 33 heavy (non-hydrogen) atoms. The van der Waals surface area contributed by atoms with Crippen LogP contribution in [0.25, 0.3) is 10.8 Å². The SMILES string of the molecule is CC[C@H](C)NC(=O)c1ccccc1NC(=O)CCCN1c2cccc3cccc(c23)S1(=O)=O. The van der Waals surface area contributed by atoms with Gasteiger partial charge in [-0.15, -0.1) is 0 Å². The van der Waals surface area contributed by atoms with Crippen LogP contribution in [0.1, 0.15) is 43.5 Å². The number of nitrogens with one attached hydrogen (secondary N) is 2. The molecule has 0 fully saturated rings. The largest absolute Gasteiger partial charge is 0.350 e. The standard InChI is InChI=1S/C25H27N3O4S/c1-3-17(2)26-25(30)19-11-4-5-12-20(19)27-23(29)15-8-16-28-21-13-6-9-18-10-7-14-22(24(18)21)33(28,31)32/h4-7,9-14,17H,3,8,15-16H2,1-2H3,(H,26,30)(H,27,29)/t17-/m0/s1. The molecule has 0 unspecified atom stereocenters. The summed E-state index contributed by atoms with van der Waals surface area (Å²) < 4.78 is 27.5. The van der Waals surface area contributed by atoms with Crippen LogP contribution in [0.4, 0.5) is 11.4 Å². The van der Waals surface area contributed by atoms with Gasteiger partial charge in [-0.05, 0) is 49.4 Å². The van der Waals surface area contributed by atoms with Crippen molar-refractivity contribution >= 4 is 44.0 Å². The zero-order valence-corrected chi connectivity index (χ0v) is 19.5. The van der Waals surface area contributed by atoms with E-state index in [9.17, 15) is 18.0 Å². The van der Waals surface area contributed by atoms with Gasteiger partial charge in [0.15, 0.2) is 0 Å². The topological polar surface area (TPSA) is 95.6 Å². The fraction of sp³-hybridized carbons (Fsp3) is 0.280. The van der Waals surface area contributed by atoms with Crippen molar-refractivity contribution in [3.63, 3.8) is 0 Å². The molecule has 2 N–H and O–H groups in total. The Bertz CT molecular complexity index is 1310. The minimum atomic E-state index is -3.64. The van der Waals surface area contributed by atoms with Gasteiger partial charge in [0.25, 0.3) is 15.9 Å². The van der Waals surface area contributed by atoms with E-state index in [4.69, 9.17) is 0 Å². The van der Waals surface area contributed by atoms with Gasteiger partial charge in [0.05, 0.1) is 21.8 Å². The molecule has 0 saturated carbocycles. The van der Waals surface area contributed by atoms with E-state index in [0.717, 1.165) is 17.2 Å². The van der Waals surface area contributed by atoms with E-state index in [0.29, 0.717) is 28.3 Å². The Morgan fingerprint density at radius 3 is 2.48 bits per heavy atom. The number of hydrogen-bond acceptors (Lipinski definition) is 4. The number of rotatable bonds is 8. The molecule has 0 aliphatic carbocycles. The van der Waals surface area contributed by atoms with Crippen LogP contribution in [0.2, 0.25) is 0 Å². The fourth-order valence-corrected chi connectivity index (χ4v) is 5.74. The van der Waals surface area contributed by atoms with Crippen molar-refractivity contribution in [2.24, 2.45) is 0 Å². The van der Waals surface area contributed by atoms with Crippen molar-refractivity contribution in [1.29, 1.82) is 0 Å². The van der Waals surface area contributed by atoms with Crippen LogP contribution in [-0.4, -0.2) is 32.8 Å². The summed E-state index contributed by atoms with van der Waals surface area (Å²) in [7, 11) is -3.64. The van der Waals surface area contributed by atoms with Gasteiger partial charge in [0, 0.05) is 24.4 Å². The molecule has 0 bridgehead atoms. The number of para-hydroxylation sites is 1. The van der Waals surface area contributed by atoms with Crippen LogP contribution in [0.5, 0.6) is 0 Å². The van der Waals surface area contributed by atoms with Crippen LogP contribution >= 0.6 is 0 Å². The van der Waals surface area contributed by atoms with Crippen molar-refractivity contribution in [3.8, 4) is 0 Å². The summed E-state index contributed by atoms with van der Waals surface area (Å²) >= 11 is 0. The zero-order valence-electron chi connectivity index (χ0n) is 18.7. The summed E-state index contributed by atoms with van der Waals surface area (Å²) in [5.74, 6) is -0.514. The van der Waals surface area contributed by atoms with Crippen molar-refractivity contribution in [2.45, 2.75) is 44.0 Å². The molecule has 3 aromatic carbocycles. The Morgan fingerprint density at radius 2 is 1.73 bits per heavy atom. The number of carbonyl (C=O) groups is 2. The van der Waals surface area contributed by atoms with E-state index in [-0.39, 0.29) is 30.8 Å². The quantitative estimate of drug-likeness (QED) is 0.519. The summed E-state index contributed by atoms with van der Waals surface area (Å²) in [5.41, 5.74) is 1.49. The lowest BCUT2D eigenvalue weighted by atomic mass is 10.1. The molecule has 0 spiro atoms. The molecule has 3 aromatic rings. The smallest absolute Gasteiger partial charge is 0.265 e. The van der Waals surface area contributed by atoms with E-state index in [1.165, 1.54) is 4.31 Å². The van der Waals surface area contributed by atoms with Crippen LogP contribution in [0.15, 0.2) is 65.6 Å². The average molecular weight is 466 g/mol. The Balaban J connectivity index is 1.42. The van der Waals surface area contributed by atoms with E-state index < -0.39 is 10.0 Å². The highest BCUT2D eigenvalue weighted by Crippen LogP contribution is 2.41. The Labute approximate surface area is 193 Å². The predicted molar refractivity (Wildman–Crippen MR) is 130 cm³/mol. The maximum absolute atomic E-state index is 13.0. The Hall–Kier alpha value is -3.39. The molecule has 0 saturated heterocycles. The minimum Gasteiger partial charge on any atom is -0.350 e. The lowest BCUT2D eigenvalue weighted by Gasteiger charge is -2.19. The number of carbonyl (C=O) groups excluding carboxylic acids is 2. The zero-order chi connectivity index (χ0) is 23.6. The van der Waals surface area contributed by atoms with Gasteiger partial charge in [-0.2, -0.15) is 0 Å². The third kappa shape index (κ3) is 4.43. The molecule has 4 rings (SSSR count). The Kier molecular flexibility index (Phi) is 6.37. The summed E-state index contributed by atoms with van der Waals surface area (Å²) in [6, 6.07) is 17.7. The summed E-state index contributed by atoms with van der Waals surface area (Å²) in [6.45, 7) is 4.10. The first kappa shape index (κ1) is 22.8. The van der Waals surface area contributed by atoms with E-state index in [2.05, 4.69) is 10.6 Å². The van der Waals surface area contributed by atoms with Crippen molar-refractivity contribution in [1.82, 2.24) is 5.32 Å². The lowest BCUT2D eigenvalue weighted by molar-refractivity contribution is -0.116. The molecule has 7 nitrogen and oxygen atoms in total. The second-order valence-corrected chi connectivity index (χ2v) is 10.0. The summed E-state index contributed by atoms with van der Waals surface area (Å²) in [5, 5.41) is 7.30. The molecule has 172 valence electrons. The van der Waals surface area contributed by atoms with Crippen LogP contribution < -0.4 is 14.9 Å². The predicted octanol–water partition coefficient (Wildman–Crippen LogP) is 4.30. The van der Waals surface area contributed by atoms with Gasteiger partial charge < -0.3 is 10.6 Å². The van der Waals surface area contributed by atoms with Gasteiger partial charge in [0.2, 0.25) is 5.91 Å². The highest BCUT2D eigenvalue weighted by molar-refractivity contribution is 7.93. The van der Waals surface area contributed by atoms with Gasteiger partial charge in [0.1, 0.15) is 0 Å². The fourth-order valence-electron chi connectivity index (χ4n) is 3.99. The first-order chi connectivity index (χ1) is 15.8. The normalized spacial score (nSPS) is 14.8. The highest BCUT2D eigenvalue weighted by Gasteiger charge is 2.35. The van der Waals surface area contributed by atoms with E-state index >= 15 is 0 Å². The van der Waals surface area contributed by atoms with Gasteiger partial charge in [-0.1, -0.05) is 43.3 Å². The summed E-state index contributed by atoms with van der Waals surface area (Å²) in [6.07, 6.45) is 1.27. The number of benzene rings is 3. The molecule has 1 aliphatic rings. The molecular formula is C25H27N3O4S. The van der Waals surface area contributed by atoms with Gasteiger partial charge >= 0.3 is 0 Å². The second kappa shape index (κ2) is 9.23. The van der Waals surface area contributed by atoms with Crippen molar-refractivity contribution in [3.05, 3.63) is 66.2 Å². The van der Waals surface area contributed by atoms with Gasteiger partial charge in [-0.25, -0.2) is 8.42 Å². The van der Waals surface area contributed by atoms with Gasteiger partial charge in [-0.3, -0.25) is 13.9 Å². The molecule has 0 aromatic heterocycles. The maximum atomic E-state index is 13.0. The maximum Gasteiger partial charge on any atom is 0.265 e. The monoisotopic (exact) mass is 465 g/mol. The lowest BCUT2D eigenvalue weighted by Crippen LogP contribution is -2.32. The molecule has 0 radical (unpaired) electrons. The van der Waals surface area contributed by atoms with Crippen LogP contribution in [0, 0.1) is 0 Å². The Morgan fingerprint density at radius 1 is 1.00 bits per heavy atom. The van der Waals surface area contributed by atoms with Crippen LogP contribution in [0.3, 0.4) is 0 Å². The third-order valence-corrected chi connectivity index (χ3v) is 7.74. The molecule has 1 atom stereocenters. The third-order valence-electron chi connectivity index (χ3n) is 5.88. The second-order valence-electron chi connectivity index (χ2n) is 8.19. The van der Waals surface area contributed by atoms with E-state index in [1.807, 2.05) is 32.0 Å². The number of hydrogen-bond donors (Lipinski definition) is 2. The van der Waals surface area contributed by atoms with Crippen LogP contribution in [-0.2, 0) is 14.8 Å². The molecule has 1 aliphatic heterocycles. The number of nitrogens with zero attached hydrogens (tertiary/aromatic N) is 1. The van der Waals surface area contributed by atoms with Crippen molar-refractivity contribution < 1.29 is 18.0 Å². The first-order valence-electron chi connectivity index (χ1n) is 11.1. The minimum absolute atomic E-state index is 0.0252. The number of sulfonamides is 1. The molecule has 8 heteroatoms. The molecule has 1 heterocycles. The average Bonchev–Trinajstić information content (AvgIpc) is 3.02. The van der Waals surface area contributed by atoms with Crippen molar-refractivity contribution in [2.75, 3.05) is 16.2 Å². The molecule has 2 amide bonds. The highest BCUT2D eigenvalue weighted by atomic mass is 32.2. The molecular weight excluding hydrogens is 438 g/mol. The number of anilines is 2. The summed E-state index contributed by atoms with van der Waals surface area (Å²) in [4.78, 5) is 25.4. The number of amides is 2.